The Labute approximate surface area is 200 Å². The summed E-state index contributed by atoms with van der Waals surface area (Å²) in [6, 6.07) is 11.1. The van der Waals surface area contributed by atoms with Crippen molar-refractivity contribution in [1.82, 2.24) is 9.91 Å². The average molecular weight is 470 g/mol. The molecule has 0 bridgehead atoms. The normalized spacial score (nSPS) is 15.7. The number of hydrogen-bond acceptors (Lipinski definition) is 5. The Morgan fingerprint density at radius 3 is 2.47 bits per heavy atom. The van der Waals surface area contributed by atoms with Gasteiger partial charge in [-0.1, -0.05) is 39.0 Å². The third-order valence-electron chi connectivity index (χ3n) is 5.63. The van der Waals surface area contributed by atoms with Crippen LogP contribution in [-0.2, 0) is 9.59 Å². The van der Waals surface area contributed by atoms with Crippen LogP contribution in [0.1, 0.15) is 50.8 Å². The first-order valence-electron chi connectivity index (χ1n) is 11.1. The largest absolute Gasteiger partial charge is 0.497 e. The van der Waals surface area contributed by atoms with E-state index in [1.807, 2.05) is 20.8 Å². The average Bonchev–Trinajstić information content (AvgIpc) is 3.23. The molecule has 0 aliphatic carbocycles. The first-order chi connectivity index (χ1) is 16.0. The number of carbonyl (C=O) groups excluding carboxylic acids is 2. The summed E-state index contributed by atoms with van der Waals surface area (Å²) >= 11 is 0. The molecule has 1 aliphatic rings. The van der Waals surface area contributed by atoms with Gasteiger partial charge in [0.1, 0.15) is 23.9 Å². The molecule has 0 saturated heterocycles. The van der Waals surface area contributed by atoms with Crippen molar-refractivity contribution in [2.75, 3.05) is 27.8 Å². The number of hydrogen-bond donors (Lipinski definition) is 0. The van der Waals surface area contributed by atoms with Gasteiger partial charge in [0.2, 0.25) is 5.91 Å². The minimum absolute atomic E-state index is 0.131. The maximum atomic E-state index is 14.6. The van der Waals surface area contributed by atoms with Crippen molar-refractivity contribution in [2.45, 2.75) is 39.7 Å². The van der Waals surface area contributed by atoms with E-state index in [1.54, 1.807) is 57.7 Å². The predicted molar refractivity (Wildman–Crippen MR) is 128 cm³/mol. The van der Waals surface area contributed by atoms with Crippen molar-refractivity contribution in [3.63, 3.8) is 0 Å². The summed E-state index contributed by atoms with van der Waals surface area (Å²) in [5, 5.41) is 5.85. The van der Waals surface area contributed by atoms with Crippen LogP contribution < -0.4 is 9.47 Å². The summed E-state index contributed by atoms with van der Waals surface area (Å²) in [7, 11) is 4.70. The summed E-state index contributed by atoms with van der Waals surface area (Å²) in [5.41, 5.74) is 1.27. The number of nitrogens with zero attached hydrogens (tertiary/aromatic N) is 3. The van der Waals surface area contributed by atoms with Crippen molar-refractivity contribution >= 4 is 17.5 Å². The molecule has 1 atom stereocenters. The van der Waals surface area contributed by atoms with Gasteiger partial charge < -0.3 is 14.4 Å². The number of methoxy groups -OCH3 is 2. The Morgan fingerprint density at radius 2 is 1.85 bits per heavy atom. The maximum absolute atomic E-state index is 14.6. The van der Waals surface area contributed by atoms with E-state index in [1.165, 1.54) is 16.0 Å². The molecule has 7 nitrogen and oxygen atoms in total. The minimum atomic E-state index is -0.543. The van der Waals surface area contributed by atoms with Crippen molar-refractivity contribution in [2.24, 2.45) is 10.5 Å². The quantitative estimate of drug-likeness (QED) is 0.602. The lowest BCUT2D eigenvalue weighted by atomic mass is 9.92. The van der Waals surface area contributed by atoms with Crippen molar-refractivity contribution in [3.8, 4) is 11.5 Å². The van der Waals surface area contributed by atoms with Crippen LogP contribution in [0.2, 0.25) is 0 Å². The molecule has 0 radical (unpaired) electrons. The summed E-state index contributed by atoms with van der Waals surface area (Å²) < 4.78 is 25.5. The van der Waals surface area contributed by atoms with E-state index in [9.17, 15) is 14.0 Å². The standard InChI is InChI=1S/C26H32FN3O4/c1-26(2,3)15-24(31)29(4)16-25(32)30-22(19-13-17(33-5)11-12-23(19)34-6)14-21(28-30)18-9-7-8-10-20(18)27/h7-13,22H,14-16H2,1-6H3/t22-/m1/s1. The smallest absolute Gasteiger partial charge is 0.262 e. The number of hydrazone groups is 1. The van der Waals surface area contributed by atoms with Crippen molar-refractivity contribution in [3.05, 3.63) is 59.4 Å². The van der Waals surface area contributed by atoms with E-state index in [0.29, 0.717) is 34.8 Å². The van der Waals surface area contributed by atoms with Gasteiger partial charge in [0, 0.05) is 31.0 Å². The van der Waals surface area contributed by atoms with Crippen LogP contribution in [-0.4, -0.2) is 55.2 Å². The Bertz CT molecular complexity index is 1090. The molecule has 2 amide bonds. The van der Waals surface area contributed by atoms with Crippen LogP contribution >= 0.6 is 0 Å². The van der Waals surface area contributed by atoms with Gasteiger partial charge in [-0.2, -0.15) is 5.10 Å². The topological polar surface area (TPSA) is 71.4 Å². The number of rotatable bonds is 7. The number of halogens is 1. The second kappa shape index (κ2) is 10.2. The Balaban J connectivity index is 1.96. The molecule has 0 aromatic heterocycles. The van der Waals surface area contributed by atoms with Gasteiger partial charge >= 0.3 is 0 Å². The van der Waals surface area contributed by atoms with Gasteiger partial charge in [-0.15, -0.1) is 0 Å². The highest BCUT2D eigenvalue weighted by molar-refractivity contribution is 6.03. The number of amides is 2. The second-order valence-electron chi connectivity index (χ2n) is 9.58. The van der Waals surface area contributed by atoms with Gasteiger partial charge in [0.15, 0.2) is 0 Å². The highest BCUT2D eigenvalue weighted by Gasteiger charge is 2.36. The van der Waals surface area contributed by atoms with Crippen LogP contribution in [0.4, 0.5) is 4.39 Å². The van der Waals surface area contributed by atoms with Crippen molar-refractivity contribution in [1.29, 1.82) is 0 Å². The molecule has 8 heteroatoms. The predicted octanol–water partition coefficient (Wildman–Crippen LogP) is 4.42. The molecule has 2 aromatic rings. The molecule has 0 fully saturated rings. The molecule has 0 unspecified atom stereocenters. The zero-order valence-corrected chi connectivity index (χ0v) is 20.6. The summed E-state index contributed by atoms with van der Waals surface area (Å²) in [6.07, 6.45) is 0.601. The molecule has 0 spiro atoms. The lowest BCUT2D eigenvalue weighted by Gasteiger charge is -2.27. The molecule has 0 saturated carbocycles. The summed E-state index contributed by atoms with van der Waals surface area (Å²) in [5.74, 6) is 0.245. The van der Waals surface area contributed by atoms with E-state index >= 15 is 0 Å². The van der Waals surface area contributed by atoms with E-state index in [2.05, 4.69) is 5.10 Å². The van der Waals surface area contributed by atoms with E-state index in [-0.39, 0.29) is 30.2 Å². The number of carbonyl (C=O) groups is 2. The molecule has 2 aromatic carbocycles. The Hall–Kier alpha value is -3.42. The summed E-state index contributed by atoms with van der Waals surface area (Å²) in [4.78, 5) is 27.4. The zero-order valence-electron chi connectivity index (χ0n) is 20.6. The summed E-state index contributed by atoms with van der Waals surface area (Å²) in [6.45, 7) is 5.76. The van der Waals surface area contributed by atoms with Gasteiger partial charge in [0.05, 0.1) is 26.0 Å². The van der Waals surface area contributed by atoms with E-state index in [4.69, 9.17) is 9.47 Å². The van der Waals surface area contributed by atoms with Crippen LogP contribution in [0.5, 0.6) is 11.5 Å². The van der Waals surface area contributed by atoms with Gasteiger partial charge in [-0.05, 0) is 29.7 Å². The van der Waals surface area contributed by atoms with Crippen molar-refractivity contribution < 1.29 is 23.5 Å². The van der Waals surface area contributed by atoms with Crippen LogP contribution in [0.3, 0.4) is 0 Å². The fraction of sp³-hybridized carbons (Fsp3) is 0.423. The molecule has 182 valence electrons. The van der Waals surface area contributed by atoms with Crippen LogP contribution in [0.15, 0.2) is 47.6 Å². The fourth-order valence-electron chi connectivity index (χ4n) is 3.89. The molecule has 34 heavy (non-hydrogen) atoms. The van der Waals surface area contributed by atoms with E-state index in [0.717, 1.165) is 0 Å². The van der Waals surface area contributed by atoms with Gasteiger partial charge in [0.25, 0.3) is 5.91 Å². The number of likely N-dealkylation sites (N-methyl/N-ethyl adjacent to an activating group) is 1. The lowest BCUT2D eigenvalue weighted by molar-refractivity contribution is -0.141. The molecule has 3 rings (SSSR count). The molecular weight excluding hydrogens is 437 g/mol. The SMILES string of the molecule is COc1ccc(OC)c([C@H]2CC(c3ccccc3F)=NN2C(=O)CN(C)C(=O)CC(C)(C)C)c1. The van der Waals surface area contributed by atoms with Crippen LogP contribution in [0.25, 0.3) is 0 Å². The van der Waals surface area contributed by atoms with Gasteiger partial charge in [-0.3, -0.25) is 9.59 Å². The molecule has 0 N–H and O–H groups in total. The Morgan fingerprint density at radius 1 is 1.15 bits per heavy atom. The van der Waals surface area contributed by atoms with E-state index < -0.39 is 11.9 Å². The fourth-order valence-corrected chi connectivity index (χ4v) is 3.89. The molecule has 1 aliphatic heterocycles. The molecule has 1 heterocycles. The lowest BCUT2D eigenvalue weighted by Crippen LogP contribution is -2.40. The first-order valence-corrected chi connectivity index (χ1v) is 11.1. The van der Waals surface area contributed by atoms with Gasteiger partial charge in [-0.25, -0.2) is 9.40 Å². The number of benzene rings is 2. The highest BCUT2D eigenvalue weighted by Crippen LogP contribution is 2.39. The zero-order chi connectivity index (χ0) is 25.0. The van der Waals surface area contributed by atoms with Crippen LogP contribution in [0, 0.1) is 11.2 Å². The first kappa shape index (κ1) is 25.2. The maximum Gasteiger partial charge on any atom is 0.262 e. The minimum Gasteiger partial charge on any atom is -0.497 e. The Kier molecular flexibility index (Phi) is 7.59. The monoisotopic (exact) mass is 469 g/mol. The highest BCUT2D eigenvalue weighted by atomic mass is 19.1. The third-order valence-corrected chi connectivity index (χ3v) is 5.63. The third kappa shape index (κ3) is 5.73. The molecular formula is C26H32FN3O4. The number of ether oxygens (including phenoxy) is 2. The second-order valence-corrected chi connectivity index (χ2v) is 9.58.